The van der Waals surface area contributed by atoms with Crippen LogP contribution in [0.1, 0.15) is 13.8 Å². The van der Waals surface area contributed by atoms with Crippen LogP contribution < -0.4 is 11.1 Å². The van der Waals surface area contributed by atoms with Crippen molar-refractivity contribution < 1.29 is 8.78 Å². The highest BCUT2D eigenvalue weighted by Crippen LogP contribution is 2.26. The van der Waals surface area contributed by atoms with Crippen molar-refractivity contribution in [2.75, 3.05) is 11.1 Å². The molecule has 0 spiro atoms. The monoisotopic (exact) mass is 279 g/mol. The highest BCUT2D eigenvalue weighted by atomic mass is 79.9. The number of halogens is 3. The molecule has 15 heavy (non-hydrogen) atoms. The molecule has 6 heteroatoms. The number of pyridine rings is 1. The van der Waals surface area contributed by atoms with Gasteiger partial charge in [-0.3, -0.25) is 0 Å². The third kappa shape index (κ3) is 3.30. The van der Waals surface area contributed by atoms with Crippen LogP contribution in [-0.2, 0) is 0 Å². The second-order valence-corrected chi connectivity index (χ2v) is 4.23. The molecule has 0 radical (unpaired) electrons. The zero-order chi connectivity index (χ0) is 11.6. The van der Waals surface area contributed by atoms with Gasteiger partial charge in [0, 0.05) is 6.92 Å². The minimum absolute atomic E-state index is 0.342. The third-order valence-corrected chi connectivity index (χ3v) is 2.47. The molecule has 1 aromatic heterocycles. The Hall–Kier alpha value is -0.910. The van der Waals surface area contributed by atoms with Crippen molar-refractivity contribution in [3.8, 4) is 0 Å². The Bertz CT molecular complexity index is 352. The number of nitrogens with zero attached hydrogens (tertiary/aromatic N) is 1. The summed E-state index contributed by atoms with van der Waals surface area (Å²) < 4.78 is 26.4. The molecule has 3 nitrogen and oxygen atoms in total. The van der Waals surface area contributed by atoms with Crippen LogP contribution in [0.5, 0.6) is 0 Å². The van der Waals surface area contributed by atoms with Gasteiger partial charge < -0.3 is 11.1 Å². The Labute approximate surface area is 95.2 Å². The zero-order valence-corrected chi connectivity index (χ0v) is 9.98. The van der Waals surface area contributed by atoms with Crippen molar-refractivity contribution in [1.29, 1.82) is 0 Å². The first-order chi connectivity index (χ1) is 6.80. The van der Waals surface area contributed by atoms with Gasteiger partial charge in [-0.25, -0.2) is 13.8 Å². The lowest BCUT2D eigenvalue weighted by Crippen LogP contribution is -2.34. The first kappa shape index (κ1) is 12.2. The van der Waals surface area contributed by atoms with Crippen LogP contribution in [0.15, 0.2) is 16.9 Å². The molecule has 0 aromatic carbocycles. The van der Waals surface area contributed by atoms with Crippen LogP contribution in [0.2, 0.25) is 0 Å². The highest BCUT2D eigenvalue weighted by Gasteiger charge is 2.30. The maximum Gasteiger partial charge on any atom is 0.264 e. The molecule has 0 fully saturated rings. The number of hydrogen-bond donors (Lipinski definition) is 2. The van der Waals surface area contributed by atoms with Crippen LogP contribution in [0, 0.1) is 0 Å². The van der Waals surface area contributed by atoms with E-state index in [-0.39, 0.29) is 0 Å². The maximum atomic E-state index is 12.9. The van der Waals surface area contributed by atoms with E-state index in [1.165, 1.54) is 13.1 Å². The van der Waals surface area contributed by atoms with Gasteiger partial charge in [0.15, 0.2) is 0 Å². The smallest absolute Gasteiger partial charge is 0.264 e. The van der Waals surface area contributed by atoms with E-state index in [9.17, 15) is 8.78 Å². The molecule has 0 aliphatic carbocycles. The van der Waals surface area contributed by atoms with Crippen molar-refractivity contribution in [1.82, 2.24) is 4.98 Å². The molecule has 1 rings (SSSR count). The summed E-state index contributed by atoms with van der Waals surface area (Å²) >= 11 is 3.14. The molecular weight excluding hydrogens is 268 g/mol. The van der Waals surface area contributed by atoms with E-state index >= 15 is 0 Å². The molecule has 1 atom stereocenters. The second kappa shape index (κ2) is 4.30. The Balaban J connectivity index is 2.85. The van der Waals surface area contributed by atoms with E-state index in [4.69, 9.17) is 5.73 Å². The molecule has 1 aromatic rings. The van der Waals surface area contributed by atoms with Crippen molar-refractivity contribution >= 4 is 27.3 Å². The molecule has 84 valence electrons. The number of nitrogen functional groups attached to an aromatic ring is 1. The quantitative estimate of drug-likeness (QED) is 0.837. The fourth-order valence-electron chi connectivity index (χ4n) is 0.925. The van der Waals surface area contributed by atoms with Crippen LogP contribution in [0.25, 0.3) is 0 Å². The summed E-state index contributed by atoms with van der Waals surface area (Å²) in [5, 5.41) is 2.65. The van der Waals surface area contributed by atoms with Crippen molar-refractivity contribution in [2.45, 2.75) is 25.8 Å². The fourth-order valence-corrected chi connectivity index (χ4v) is 1.26. The molecule has 0 saturated carbocycles. The van der Waals surface area contributed by atoms with Crippen molar-refractivity contribution in [3.63, 3.8) is 0 Å². The summed E-state index contributed by atoms with van der Waals surface area (Å²) in [6.07, 6.45) is 1.41. The summed E-state index contributed by atoms with van der Waals surface area (Å²) in [4.78, 5) is 3.87. The summed E-state index contributed by atoms with van der Waals surface area (Å²) in [7, 11) is 0. The molecule has 0 aliphatic heterocycles. The molecule has 0 saturated heterocycles. The Kier molecular flexibility index (Phi) is 3.49. The average molecular weight is 280 g/mol. The number of hydrogen-bond acceptors (Lipinski definition) is 3. The molecular formula is C9H12BrF2N3. The topological polar surface area (TPSA) is 50.9 Å². The third-order valence-electron chi connectivity index (χ3n) is 2.03. The van der Waals surface area contributed by atoms with E-state index in [1.54, 1.807) is 6.07 Å². The largest absolute Gasteiger partial charge is 0.396 e. The normalized spacial score (nSPS) is 13.7. The summed E-state index contributed by atoms with van der Waals surface area (Å²) in [6, 6.07) is 0.575. The first-order valence-electron chi connectivity index (χ1n) is 4.36. The van der Waals surface area contributed by atoms with Crippen molar-refractivity contribution in [3.05, 3.63) is 16.9 Å². The van der Waals surface area contributed by atoms with Gasteiger partial charge >= 0.3 is 0 Å². The fraction of sp³-hybridized carbons (Fsp3) is 0.444. The van der Waals surface area contributed by atoms with Gasteiger partial charge in [-0.05, 0) is 28.9 Å². The predicted octanol–water partition coefficient (Wildman–Crippen LogP) is 2.88. The second-order valence-electron chi connectivity index (χ2n) is 3.42. The lowest BCUT2D eigenvalue weighted by atomic mass is 10.2. The molecule has 0 aliphatic rings. The number of nitrogens with two attached hydrogens (primary N) is 1. The number of rotatable bonds is 3. The Morgan fingerprint density at radius 2 is 2.20 bits per heavy atom. The molecule has 0 bridgehead atoms. The molecule has 1 heterocycles. The van der Waals surface area contributed by atoms with E-state index in [0.29, 0.717) is 16.0 Å². The standard InChI is InChI=1S/C9H12BrF2N3/c1-5(9(2,11)12)15-7-3-8(10)14-4-6(7)13/h3-5H,13H2,1-2H3,(H,14,15)/t5-/m0/s1. The van der Waals surface area contributed by atoms with E-state index in [0.717, 1.165) is 6.92 Å². The lowest BCUT2D eigenvalue weighted by molar-refractivity contribution is 0.00702. The van der Waals surface area contributed by atoms with Crippen molar-refractivity contribution in [2.24, 2.45) is 0 Å². The van der Waals surface area contributed by atoms with Gasteiger partial charge in [-0.2, -0.15) is 0 Å². The molecule has 0 unspecified atom stereocenters. The maximum absolute atomic E-state index is 12.9. The zero-order valence-electron chi connectivity index (χ0n) is 8.39. The Morgan fingerprint density at radius 3 is 2.73 bits per heavy atom. The van der Waals surface area contributed by atoms with E-state index in [2.05, 4.69) is 26.2 Å². The van der Waals surface area contributed by atoms with Crippen LogP contribution >= 0.6 is 15.9 Å². The van der Waals surface area contributed by atoms with Crippen LogP contribution in [0.3, 0.4) is 0 Å². The summed E-state index contributed by atoms with van der Waals surface area (Å²) in [5.41, 5.74) is 6.38. The minimum atomic E-state index is -2.80. The van der Waals surface area contributed by atoms with Gasteiger partial charge in [-0.15, -0.1) is 0 Å². The van der Waals surface area contributed by atoms with E-state index < -0.39 is 12.0 Å². The minimum Gasteiger partial charge on any atom is -0.396 e. The van der Waals surface area contributed by atoms with Gasteiger partial charge in [0.1, 0.15) is 4.60 Å². The van der Waals surface area contributed by atoms with Gasteiger partial charge in [0.25, 0.3) is 5.92 Å². The average Bonchev–Trinajstić information content (AvgIpc) is 2.09. The summed E-state index contributed by atoms with van der Waals surface area (Å²) in [5.74, 6) is -2.80. The number of alkyl halides is 2. The first-order valence-corrected chi connectivity index (χ1v) is 5.15. The predicted molar refractivity (Wildman–Crippen MR) is 60.1 cm³/mol. The van der Waals surface area contributed by atoms with Crippen LogP contribution in [-0.4, -0.2) is 16.9 Å². The number of aromatic nitrogens is 1. The molecule has 3 N–H and O–H groups in total. The van der Waals surface area contributed by atoms with Gasteiger partial charge in [-0.1, -0.05) is 0 Å². The van der Waals surface area contributed by atoms with Crippen LogP contribution in [0.4, 0.5) is 20.2 Å². The number of nitrogens with one attached hydrogen (secondary N) is 1. The molecule has 0 amide bonds. The van der Waals surface area contributed by atoms with E-state index in [1.807, 2.05) is 0 Å². The lowest BCUT2D eigenvalue weighted by Gasteiger charge is -2.22. The van der Waals surface area contributed by atoms with Gasteiger partial charge in [0.05, 0.1) is 23.6 Å². The number of anilines is 2. The highest BCUT2D eigenvalue weighted by molar-refractivity contribution is 9.10. The summed E-state index contributed by atoms with van der Waals surface area (Å²) in [6.45, 7) is 2.25. The Morgan fingerprint density at radius 1 is 1.60 bits per heavy atom. The SMILES string of the molecule is C[C@H](Nc1cc(Br)ncc1N)C(C)(F)F. The van der Waals surface area contributed by atoms with Gasteiger partial charge in [0.2, 0.25) is 0 Å².